The normalized spacial score (nSPS) is 24.4. The Kier molecular flexibility index (Phi) is 3.53. The lowest BCUT2D eigenvalue weighted by Gasteiger charge is -2.23. The van der Waals surface area contributed by atoms with Crippen LogP contribution in [0.2, 0.25) is 0 Å². The van der Waals surface area contributed by atoms with Gasteiger partial charge in [0.05, 0.1) is 17.2 Å². The van der Waals surface area contributed by atoms with Crippen LogP contribution in [0.1, 0.15) is 37.4 Å². The molecule has 0 aliphatic carbocycles. The van der Waals surface area contributed by atoms with E-state index in [1.54, 1.807) is 6.07 Å². The molecule has 18 heavy (non-hydrogen) atoms. The average molecular weight is 245 g/mol. The first-order valence-electron chi connectivity index (χ1n) is 6.36. The van der Waals surface area contributed by atoms with E-state index in [9.17, 15) is 5.11 Å². The summed E-state index contributed by atoms with van der Waals surface area (Å²) in [4.78, 5) is 6.65. The average Bonchev–Trinajstić information content (AvgIpc) is 2.49. The number of aromatic nitrogens is 1. The van der Waals surface area contributed by atoms with Crippen molar-refractivity contribution >= 4 is 5.82 Å². The molecule has 1 atom stereocenters. The molecule has 0 radical (unpaired) electrons. The van der Waals surface area contributed by atoms with Gasteiger partial charge in [-0.15, -0.1) is 0 Å². The lowest BCUT2D eigenvalue weighted by molar-refractivity contribution is 0.0481. The lowest BCUT2D eigenvalue weighted by atomic mass is 9.98. The number of anilines is 1. The molecule has 1 aliphatic rings. The van der Waals surface area contributed by atoms with Crippen molar-refractivity contribution in [1.82, 2.24) is 4.98 Å². The maximum atomic E-state index is 10.1. The fourth-order valence-corrected chi connectivity index (χ4v) is 2.37. The van der Waals surface area contributed by atoms with Crippen LogP contribution < -0.4 is 4.90 Å². The Morgan fingerprint density at radius 3 is 2.89 bits per heavy atom. The van der Waals surface area contributed by atoms with E-state index in [0.717, 1.165) is 43.9 Å². The molecule has 0 spiro atoms. The first-order valence-corrected chi connectivity index (χ1v) is 6.36. The van der Waals surface area contributed by atoms with Gasteiger partial charge in [0.1, 0.15) is 5.82 Å². The predicted molar refractivity (Wildman–Crippen MR) is 70.4 cm³/mol. The van der Waals surface area contributed by atoms with Crippen molar-refractivity contribution in [3.63, 3.8) is 0 Å². The smallest absolute Gasteiger partial charge is 0.130 e. The molecule has 4 heteroatoms. The zero-order valence-corrected chi connectivity index (χ0v) is 11.0. The molecule has 1 saturated heterocycles. The van der Waals surface area contributed by atoms with E-state index in [1.165, 1.54) is 0 Å². The number of hydrogen-bond donors (Lipinski definition) is 1. The summed E-state index contributed by atoms with van der Waals surface area (Å²) in [5.41, 5.74) is 0.935. The molecule has 1 fully saturated rings. The van der Waals surface area contributed by atoms with Gasteiger partial charge >= 0.3 is 0 Å². The molecule has 1 N–H and O–H groups in total. The highest BCUT2D eigenvalue weighted by Gasteiger charge is 2.25. The van der Waals surface area contributed by atoms with Crippen molar-refractivity contribution in [1.29, 1.82) is 5.26 Å². The molecule has 1 aromatic rings. The van der Waals surface area contributed by atoms with Crippen molar-refractivity contribution < 1.29 is 5.11 Å². The van der Waals surface area contributed by atoms with Crippen LogP contribution in [0.4, 0.5) is 5.82 Å². The Balaban J connectivity index is 2.21. The number of nitriles is 1. The summed E-state index contributed by atoms with van der Waals surface area (Å²) < 4.78 is 0. The second kappa shape index (κ2) is 4.95. The molecule has 1 unspecified atom stereocenters. The van der Waals surface area contributed by atoms with Crippen LogP contribution in [-0.2, 0) is 0 Å². The van der Waals surface area contributed by atoms with Gasteiger partial charge < -0.3 is 10.0 Å². The standard InChI is InChI=1S/C14H19N3O/c1-11-8-12(10-15)9-13(16-11)17-6-3-4-14(2,18)5-7-17/h8-9,18H,3-7H2,1-2H3. The zero-order chi connectivity index (χ0) is 13.2. The highest BCUT2D eigenvalue weighted by molar-refractivity contribution is 5.46. The maximum absolute atomic E-state index is 10.1. The number of nitrogens with zero attached hydrogens (tertiary/aromatic N) is 3. The van der Waals surface area contributed by atoms with Gasteiger partial charge in [-0.3, -0.25) is 0 Å². The second-order valence-electron chi connectivity index (χ2n) is 5.30. The van der Waals surface area contributed by atoms with E-state index in [4.69, 9.17) is 5.26 Å². The summed E-state index contributed by atoms with van der Waals surface area (Å²) in [6, 6.07) is 5.78. The fourth-order valence-electron chi connectivity index (χ4n) is 2.37. The first-order chi connectivity index (χ1) is 8.50. The number of aliphatic hydroxyl groups is 1. The minimum atomic E-state index is -0.573. The van der Waals surface area contributed by atoms with Gasteiger partial charge in [0.25, 0.3) is 0 Å². The van der Waals surface area contributed by atoms with E-state index in [2.05, 4.69) is 16.0 Å². The highest BCUT2D eigenvalue weighted by Crippen LogP contribution is 2.24. The molecule has 96 valence electrons. The number of hydrogen-bond acceptors (Lipinski definition) is 4. The molecule has 4 nitrogen and oxygen atoms in total. The van der Waals surface area contributed by atoms with Crippen LogP contribution in [0, 0.1) is 18.3 Å². The van der Waals surface area contributed by atoms with Crippen LogP contribution >= 0.6 is 0 Å². The summed E-state index contributed by atoms with van der Waals surface area (Å²) in [6.45, 7) is 5.46. The largest absolute Gasteiger partial charge is 0.390 e. The van der Waals surface area contributed by atoms with Gasteiger partial charge in [-0.05, 0) is 45.2 Å². The number of rotatable bonds is 1. The quantitative estimate of drug-likeness (QED) is 0.822. The highest BCUT2D eigenvalue weighted by atomic mass is 16.3. The van der Waals surface area contributed by atoms with Crippen molar-refractivity contribution in [2.75, 3.05) is 18.0 Å². The van der Waals surface area contributed by atoms with Crippen LogP contribution in [0.5, 0.6) is 0 Å². The summed E-state index contributed by atoms with van der Waals surface area (Å²) in [5, 5.41) is 19.1. The molecular weight excluding hydrogens is 226 g/mol. The fraction of sp³-hybridized carbons (Fsp3) is 0.571. The van der Waals surface area contributed by atoms with Crippen LogP contribution in [0.25, 0.3) is 0 Å². The maximum Gasteiger partial charge on any atom is 0.130 e. The third-order valence-electron chi connectivity index (χ3n) is 3.46. The van der Waals surface area contributed by atoms with Crippen molar-refractivity contribution in [3.8, 4) is 6.07 Å². The van der Waals surface area contributed by atoms with E-state index >= 15 is 0 Å². The van der Waals surface area contributed by atoms with Crippen LogP contribution in [-0.4, -0.2) is 28.8 Å². The van der Waals surface area contributed by atoms with Gasteiger partial charge in [0, 0.05) is 18.8 Å². The Morgan fingerprint density at radius 2 is 2.17 bits per heavy atom. The van der Waals surface area contributed by atoms with E-state index in [0.29, 0.717) is 5.56 Å². The molecule has 0 aromatic carbocycles. The van der Waals surface area contributed by atoms with Gasteiger partial charge in [-0.2, -0.15) is 5.26 Å². The van der Waals surface area contributed by atoms with Gasteiger partial charge in [-0.25, -0.2) is 4.98 Å². The third-order valence-corrected chi connectivity index (χ3v) is 3.46. The Bertz CT molecular complexity index is 476. The minimum Gasteiger partial charge on any atom is -0.390 e. The monoisotopic (exact) mass is 245 g/mol. The summed E-state index contributed by atoms with van der Waals surface area (Å²) in [5.74, 6) is 0.851. The molecule has 2 rings (SSSR count). The predicted octanol–water partition coefficient (Wildman–Crippen LogP) is 2.00. The van der Waals surface area contributed by atoms with Crippen LogP contribution in [0.3, 0.4) is 0 Å². The van der Waals surface area contributed by atoms with Gasteiger partial charge in [0.2, 0.25) is 0 Å². The molecule has 0 amide bonds. The SMILES string of the molecule is Cc1cc(C#N)cc(N2CCCC(C)(O)CC2)n1. The van der Waals surface area contributed by atoms with Crippen molar-refractivity contribution in [2.24, 2.45) is 0 Å². The Morgan fingerprint density at radius 1 is 1.39 bits per heavy atom. The Labute approximate surface area is 108 Å². The lowest BCUT2D eigenvalue weighted by Crippen LogP contribution is -2.28. The van der Waals surface area contributed by atoms with Crippen LogP contribution in [0.15, 0.2) is 12.1 Å². The zero-order valence-electron chi connectivity index (χ0n) is 11.0. The minimum absolute atomic E-state index is 0.573. The van der Waals surface area contributed by atoms with E-state index in [-0.39, 0.29) is 0 Å². The molecule has 0 bridgehead atoms. The van der Waals surface area contributed by atoms with Gasteiger partial charge in [0.15, 0.2) is 0 Å². The molecule has 0 saturated carbocycles. The number of pyridine rings is 1. The molecule has 1 aliphatic heterocycles. The summed E-state index contributed by atoms with van der Waals surface area (Å²) in [7, 11) is 0. The number of aryl methyl sites for hydroxylation is 1. The Hall–Kier alpha value is -1.60. The second-order valence-corrected chi connectivity index (χ2v) is 5.30. The van der Waals surface area contributed by atoms with Gasteiger partial charge in [-0.1, -0.05) is 0 Å². The topological polar surface area (TPSA) is 60.2 Å². The third kappa shape index (κ3) is 2.99. The van der Waals surface area contributed by atoms with Crippen molar-refractivity contribution in [3.05, 3.63) is 23.4 Å². The summed E-state index contributed by atoms with van der Waals surface area (Å²) in [6.07, 6.45) is 2.51. The molecule has 1 aromatic heterocycles. The first kappa shape index (κ1) is 12.8. The molecule has 2 heterocycles. The van der Waals surface area contributed by atoms with Crippen molar-refractivity contribution in [2.45, 2.75) is 38.7 Å². The molecular formula is C14H19N3O. The van der Waals surface area contributed by atoms with E-state index < -0.39 is 5.60 Å². The summed E-state index contributed by atoms with van der Waals surface area (Å²) >= 11 is 0. The van der Waals surface area contributed by atoms with E-state index in [1.807, 2.05) is 19.9 Å².